The molecule has 0 spiro atoms. The second-order valence-corrected chi connectivity index (χ2v) is 5.29. The normalized spacial score (nSPS) is 13.1. The molecule has 1 N–H and O–H groups in total. The highest BCUT2D eigenvalue weighted by Gasteiger charge is 2.17. The SMILES string of the molecule is Cc1cccc(N(C)C(=O)c2ccc3c(c2)CNC3)c1. The van der Waals surface area contributed by atoms with Gasteiger partial charge >= 0.3 is 0 Å². The van der Waals surface area contributed by atoms with Crippen molar-refractivity contribution in [2.75, 3.05) is 11.9 Å². The Morgan fingerprint density at radius 3 is 2.70 bits per heavy atom. The Bertz CT molecular complexity index is 664. The Hall–Kier alpha value is -2.13. The monoisotopic (exact) mass is 266 g/mol. The third-order valence-electron chi connectivity index (χ3n) is 3.78. The molecule has 1 heterocycles. The standard InChI is InChI=1S/C17H18N2O/c1-12-4-3-5-16(8-12)19(2)17(20)13-6-7-14-10-18-11-15(14)9-13/h3-9,18H,10-11H2,1-2H3. The van der Waals surface area contributed by atoms with Crippen LogP contribution in [0.15, 0.2) is 42.5 Å². The Morgan fingerprint density at radius 2 is 1.90 bits per heavy atom. The first-order chi connectivity index (χ1) is 9.65. The predicted molar refractivity (Wildman–Crippen MR) is 80.9 cm³/mol. The summed E-state index contributed by atoms with van der Waals surface area (Å²) in [5, 5.41) is 3.30. The van der Waals surface area contributed by atoms with E-state index < -0.39 is 0 Å². The smallest absolute Gasteiger partial charge is 0.258 e. The highest BCUT2D eigenvalue weighted by Crippen LogP contribution is 2.21. The van der Waals surface area contributed by atoms with Crippen molar-refractivity contribution >= 4 is 11.6 Å². The molecule has 0 radical (unpaired) electrons. The first kappa shape index (κ1) is 12.9. The van der Waals surface area contributed by atoms with Crippen LogP contribution in [0.25, 0.3) is 0 Å². The van der Waals surface area contributed by atoms with E-state index in [0.717, 1.165) is 29.9 Å². The molecule has 1 aliphatic rings. The first-order valence-corrected chi connectivity index (χ1v) is 6.82. The molecule has 0 atom stereocenters. The number of nitrogens with zero attached hydrogens (tertiary/aromatic N) is 1. The maximum Gasteiger partial charge on any atom is 0.258 e. The summed E-state index contributed by atoms with van der Waals surface area (Å²) >= 11 is 0. The van der Waals surface area contributed by atoms with Crippen LogP contribution in [0.3, 0.4) is 0 Å². The van der Waals surface area contributed by atoms with Crippen LogP contribution in [0.2, 0.25) is 0 Å². The average Bonchev–Trinajstić information content (AvgIpc) is 2.93. The van der Waals surface area contributed by atoms with Gasteiger partial charge in [-0.15, -0.1) is 0 Å². The van der Waals surface area contributed by atoms with Crippen LogP contribution in [0, 0.1) is 6.92 Å². The van der Waals surface area contributed by atoms with Gasteiger partial charge in [-0.3, -0.25) is 4.79 Å². The maximum atomic E-state index is 12.6. The van der Waals surface area contributed by atoms with Gasteiger partial charge in [0.1, 0.15) is 0 Å². The minimum atomic E-state index is 0.0327. The van der Waals surface area contributed by atoms with Gasteiger partial charge in [0.15, 0.2) is 0 Å². The van der Waals surface area contributed by atoms with Crippen molar-refractivity contribution in [3.63, 3.8) is 0 Å². The Labute approximate surface area is 119 Å². The lowest BCUT2D eigenvalue weighted by atomic mass is 10.1. The van der Waals surface area contributed by atoms with Crippen LogP contribution >= 0.6 is 0 Å². The molecule has 1 amide bonds. The van der Waals surface area contributed by atoms with E-state index in [1.165, 1.54) is 11.1 Å². The van der Waals surface area contributed by atoms with Crippen molar-refractivity contribution in [3.8, 4) is 0 Å². The quantitative estimate of drug-likeness (QED) is 0.906. The highest BCUT2D eigenvalue weighted by molar-refractivity contribution is 6.05. The fourth-order valence-electron chi connectivity index (χ4n) is 2.58. The fourth-order valence-corrected chi connectivity index (χ4v) is 2.58. The summed E-state index contributed by atoms with van der Waals surface area (Å²) in [7, 11) is 1.82. The lowest BCUT2D eigenvalue weighted by molar-refractivity contribution is 0.0993. The van der Waals surface area contributed by atoms with Crippen LogP contribution in [-0.2, 0) is 13.1 Å². The highest BCUT2D eigenvalue weighted by atomic mass is 16.2. The Balaban J connectivity index is 1.88. The zero-order valence-electron chi connectivity index (χ0n) is 11.8. The number of aryl methyl sites for hydroxylation is 1. The van der Waals surface area contributed by atoms with Crippen molar-refractivity contribution in [2.24, 2.45) is 0 Å². The molecule has 0 fully saturated rings. The van der Waals surface area contributed by atoms with E-state index >= 15 is 0 Å². The van der Waals surface area contributed by atoms with Crippen LogP contribution in [0.4, 0.5) is 5.69 Å². The van der Waals surface area contributed by atoms with E-state index in [-0.39, 0.29) is 5.91 Å². The van der Waals surface area contributed by atoms with E-state index in [9.17, 15) is 4.79 Å². The molecule has 0 saturated heterocycles. The van der Waals surface area contributed by atoms with Gasteiger partial charge in [-0.2, -0.15) is 0 Å². The zero-order chi connectivity index (χ0) is 14.1. The van der Waals surface area contributed by atoms with Crippen LogP contribution < -0.4 is 10.2 Å². The van der Waals surface area contributed by atoms with Gasteiger partial charge in [-0.05, 0) is 47.9 Å². The molecule has 2 aromatic rings. The molecule has 2 aromatic carbocycles. The minimum Gasteiger partial charge on any atom is -0.311 e. The van der Waals surface area contributed by atoms with E-state index in [0.29, 0.717) is 0 Å². The lowest BCUT2D eigenvalue weighted by Gasteiger charge is -2.18. The molecular weight excluding hydrogens is 248 g/mol. The molecule has 0 bridgehead atoms. The number of hydrogen-bond acceptors (Lipinski definition) is 2. The predicted octanol–water partition coefficient (Wildman–Crippen LogP) is 2.87. The van der Waals surface area contributed by atoms with Crippen LogP contribution in [0.1, 0.15) is 27.0 Å². The van der Waals surface area contributed by atoms with E-state index in [1.54, 1.807) is 4.90 Å². The number of nitrogens with one attached hydrogen (secondary N) is 1. The van der Waals surface area contributed by atoms with Crippen molar-refractivity contribution in [1.29, 1.82) is 0 Å². The molecule has 0 aliphatic carbocycles. The molecule has 20 heavy (non-hydrogen) atoms. The summed E-state index contributed by atoms with van der Waals surface area (Å²) in [5.41, 5.74) is 5.35. The molecule has 102 valence electrons. The van der Waals surface area contributed by atoms with Gasteiger partial charge in [0.2, 0.25) is 0 Å². The van der Waals surface area contributed by atoms with Crippen LogP contribution in [0.5, 0.6) is 0 Å². The van der Waals surface area contributed by atoms with Gasteiger partial charge < -0.3 is 10.2 Å². The summed E-state index contributed by atoms with van der Waals surface area (Å²) in [6.45, 7) is 3.78. The van der Waals surface area contributed by atoms with Crippen molar-refractivity contribution < 1.29 is 4.79 Å². The number of rotatable bonds is 2. The van der Waals surface area contributed by atoms with Gasteiger partial charge in [0.25, 0.3) is 5.91 Å². The largest absolute Gasteiger partial charge is 0.311 e. The topological polar surface area (TPSA) is 32.3 Å². The van der Waals surface area contributed by atoms with Gasteiger partial charge in [-0.25, -0.2) is 0 Å². The molecule has 0 unspecified atom stereocenters. The third-order valence-corrected chi connectivity index (χ3v) is 3.78. The number of benzene rings is 2. The van der Waals surface area contributed by atoms with Gasteiger partial charge in [0.05, 0.1) is 0 Å². The van der Waals surface area contributed by atoms with E-state index in [2.05, 4.69) is 5.32 Å². The number of hydrogen-bond donors (Lipinski definition) is 1. The maximum absolute atomic E-state index is 12.6. The molecular formula is C17H18N2O. The third kappa shape index (κ3) is 2.32. The van der Waals surface area contributed by atoms with Crippen molar-refractivity contribution in [1.82, 2.24) is 5.32 Å². The average molecular weight is 266 g/mol. The zero-order valence-corrected chi connectivity index (χ0v) is 11.8. The molecule has 3 nitrogen and oxygen atoms in total. The summed E-state index contributed by atoms with van der Waals surface area (Å²) in [5.74, 6) is 0.0327. The van der Waals surface area contributed by atoms with Crippen molar-refractivity contribution in [3.05, 3.63) is 64.7 Å². The van der Waals surface area contributed by atoms with Crippen LogP contribution in [-0.4, -0.2) is 13.0 Å². The second kappa shape index (κ2) is 5.10. The molecule has 1 aliphatic heterocycles. The minimum absolute atomic E-state index is 0.0327. The fraction of sp³-hybridized carbons (Fsp3) is 0.235. The summed E-state index contributed by atoms with van der Waals surface area (Å²) in [4.78, 5) is 14.3. The van der Waals surface area contributed by atoms with E-state index in [1.807, 2.05) is 56.4 Å². The Kier molecular flexibility index (Phi) is 3.28. The Morgan fingerprint density at radius 1 is 1.10 bits per heavy atom. The number of fused-ring (bicyclic) bond motifs is 1. The lowest BCUT2D eigenvalue weighted by Crippen LogP contribution is -2.26. The molecule has 3 rings (SSSR count). The first-order valence-electron chi connectivity index (χ1n) is 6.82. The number of carbonyl (C=O) groups excluding carboxylic acids is 1. The van der Waals surface area contributed by atoms with E-state index in [4.69, 9.17) is 0 Å². The van der Waals surface area contributed by atoms with Crippen molar-refractivity contribution in [2.45, 2.75) is 20.0 Å². The molecule has 3 heteroatoms. The molecule has 0 saturated carbocycles. The second-order valence-electron chi connectivity index (χ2n) is 5.29. The van der Waals surface area contributed by atoms with Gasteiger partial charge in [0, 0.05) is 31.4 Å². The summed E-state index contributed by atoms with van der Waals surface area (Å²) in [6, 6.07) is 14.0. The number of anilines is 1. The number of carbonyl (C=O) groups is 1. The number of amides is 1. The van der Waals surface area contributed by atoms with Gasteiger partial charge in [-0.1, -0.05) is 18.2 Å². The summed E-state index contributed by atoms with van der Waals surface area (Å²) in [6.07, 6.45) is 0. The molecule has 0 aromatic heterocycles. The summed E-state index contributed by atoms with van der Waals surface area (Å²) < 4.78 is 0.